The summed E-state index contributed by atoms with van der Waals surface area (Å²) in [6, 6.07) is 10.6. The third-order valence-corrected chi connectivity index (χ3v) is 6.20. The molecule has 0 atom stereocenters. The highest BCUT2D eigenvalue weighted by Gasteiger charge is 2.22. The quantitative estimate of drug-likeness (QED) is 0.391. The first-order chi connectivity index (χ1) is 14.0. The lowest BCUT2D eigenvalue weighted by Crippen LogP contribution is -2.30. The fourth-order valence-corrected chi connectivity index (χ4v) is 4.92. The van der Waals surface area contributed by atoms with E-state index in [1.54, 1.807) is 14.2 Å². The molecule has 0 fully saturated rings. The highest BCUT2D eigenvalue weighted by atomic mass is 28.4. The average Bonchev–Trinajstić information content (AvgIpc) is 2.65. The Bertz CT molecular complexity index is 852. The normalized spacial score (nSPS) is 11.9. The van der Waals surface area contributed by atoms with Crippen LogP contribution in [0.15, 0.2) is 30.3 Å². The van der Waals surface area contributed by atoms with Gasteiger partial charge in [0.25, 0.3) is 0 Å². The molecule has 0 heterocycles. The Morgan fingerprint density at radius 3 is 1.80 bits per heavy atom. The van der Waals surface area contributed by atoms with Crippen LogP contribution in [0.2, 0.25) is 39.3 Å². The van der Waals surface area contributed by atoms with Gasteiger partial charge in [0.1, 0.15) is 11.5 Å². The molecule has 0 spiro atoms. The van der Waals surface area contributed by atoms with Crippen molar-refractivity contribution in [1.82, 2.24) is 0 Å². The Morgan fingerprint density at radius 1 is 0.667 bits per heavy atom. The van der Waals surface area contributed by atoms with Crippen molar-refractivity contribution in [2.75, 3.05) is 14.2 Å². The monoisotopic (exact) mass is 446 g/mol. The van der Waals surface area contributed by atoms with Gasteiger partial charge in [-0.1, -0.05) is 19.1 Å². The van der Waals surface area contributed by atoms with E-state index in [-0.39, 0.29) is 0 Å². The van der Waals surface area contributed by atoms with E-state index < -0.39 is 16.6 Å². The van der Waals surface area contributed by atoms with Gasteiger partial charge in [0.05, 0.1) is 14.2 Å². The molecule has 2 aromatic carbocycles. The number of methoxy groups -OCH3 is 2. The van der Waals surface area contributed by atoms with Gasteiger partial charge in [-0.15, -0.1) is 0 Å². The van der Waals surface area contributed by atoms with Gasteiger partial charge in [-0.05, 0) is 93.4 Å². The molecule has 0 amide bonds. The van der Waals surface area contributed by atoms with Gasteiger partial charge in [-0.3, -0.25) is 0 Å². The summed E-state index contributed by atoms with van der Waals surface area (Å²) in [6.07, 6.45) is 2.73. The van der Waals surface area contributed by atoms with Crippen LogP contribution in [0.5, 0.6) is 23.0 Å². The summed E-state index contributed by atoms with van der Waals surface area (Å²) in [5.41, 5.74) is 3.69. The molecule has 0 saturated heterocycles. The van der Waals surface area contributed by atoms with E-state index in [4.69, 9.17) is 18.3 Å². The van der Waals surface area contributed by atoms with Crippen LogP contribution >= 0.6 is 0 Å². The molecule has 0 aliphatic rings. The number of hydrogen-bond acceptors (Lipinski definition) is 4. The van der Waals surface area contributed by atoms with E-state index in [1.165, 1.54) is 16.7 Å². The van der Waals surface area contributed by atoms with E-state index in [0.29, 0.717) is 0 Å². The van der Waals surface area contributed by atoms with Crippen molar-refractivity contribution in [2.45, 2.75) is 65.5 Å². The largest absolute Gasteiger partial charge is 0.542 e. The Kier molecular flexibility index (Phi) is 8.05. The number of aryl methyl sites for hydroxylation is 3. The summed E-state index contributed by atoms with van der Waals surface area (Å²) in [5, 5.41) is 0. The first-order valence-corrected chi connectivity index (χ1v) is 17.5. The molecule has 0 aliphatic heterocycles. The molecule has 0 aromatic heterocycles. The molecule has 30 heavy (non-hydrogen) atoms. The molecule has 4 nitrogen and oxygen atoms in total. The molecular formula is C24H38O4Si2. The Morgan fingerprint density at radius 2 is 1.27 bits per heavy atom. The molecule has 0 bridgehead atoms. The van der Waals surface area contributed by atoms with Crippen LogP contribution in [0, 0.1) is 0 Å². The minimum absolute atomic E-state index is 0.799. The van der Waals surface area contributed by atoms with Crippen LogP contribution in [-0.2, 0) is 19.3 Å². The molecule has 0 N–H and O–H groups in total. The van der Waals surface area contributed by atoms with Crippen molar-refractivity contribution in [3.8, 4) is 23.0 Å². The van der Waals surface area contributed by atoms with Crippen molar-refractivity contribution in [3.05, 3.63) is 47.0 Å². The maximum absolute atomic E-state index is 6.44. The standard InChI is InChI=1S/C24H38O4Si2/c1-10-18-15-20(24(23(16-18)26-3)28-30(7,8)9)13-11-19-12-14-21(22(17-19)25-2)27-29(4,5)6/h12,14-17H,10-11,13H2,1-9H3. The van der Waals surface area contributed by atoms with E-state index in [2.05, 4.69) is 70.5 Å². The zero-order chi connectivity index (χ0) is 22.5. The second kappa shape index (κ2) is 9.92. The minimum Gasteiger partial charge on any atom is -0.542 e. The molecular weight excluding hydrogens is 408 g/mol. The van der Waals surface area contributed by atoms with Gasteiger partial charge in [-0.25, -0.2) is 0 Å². The first kappa shape index (κ1) is 24.3. The Labute approximate surface area is 184 Å². The Balaban J connectivity index is 2.31. The van der Waals surface area contributed by atoms with Crippen LogP contribution < -0.4 is 18.3 Å². The molecule has 2 rings (SSSR count). The fraction of sp³-hybridized carbons (Fsp3) is 0.500. The summed E-state index contributed by atoms with van der Waals surface area (Å²) >= 11 is 0. The summed E-state index contributed by atoms with van der Waals surface area (Å²) in [4.78, 5) is 0. The molecule has 166 valence electrons. The topological polar surface area (TPSA) is 36.9 Å². The molecule has 6 heteroatoms. The number of hydrogen-bond donors (Lipinski definition) is 0. The predicted octanol–water partition coefficient (Wildman–Crippen LogP) is 6.48. The molecule has 0 radical (unpaired) electrons. The van der Waals surface area contributed by atoms with Gasteiger partial charge in [-0.2, -0.15) is 0 Å². The second-order valence-corrected chi connectivity index (χ2v) is 18.4. The van der Waals surface area contributed by atoms with Gasteiger partial charge in [0.15, 0.2) is 11.5 Å². The van der Waals surface area contributed by atoms with Gasteiger partial charge in [0.2, 0.25) is 16.6 Å². The van der Waals surface area contributed by atoms with E-state index >= 15 is 0 Å². The highest BCUT2D eigenvalue weighted by Crippen LogP contribution is 2.36. The van der Waals surface area contributed by atoms with Crippen molar-refractivity contribution < 1.29 is 18.3 Å². The summed E-state index contributed by atoms with van der Waals surface area (Å²) < 4.78 is 23.9. The highest BCUT2D eigenvalue weighted by molar-refractivity contribution is 6.70. The van der Waals surface area contributed by atoms with E-state index in [0.717, 1.165) is 42.3 Å². The molecule has 0 unspecified atom stereocenters. The Hall–Kier alpha value is -1.93. The number of rotatable bonds is 10. The third-order valence-electron chi connectivity index (χ3n) is 4.56. The number of benzene rings is 2. The van der Waals surface area contributed by atoms with Gasteiger partial charge in [0, 0.05) is 0 Å². The lowest BCUT2D eigenvalue weighted by molar-refractivity contribution is 0.389. The lowest BCUT2D eigenvalue weighted by atomic mass is 10.00. The summed E-state index contributed by atoms with van der Waals surface area (Å²) in [5.74, 6) is 3.37. The minimum atomic E-state index is -1.77. The van der Waals surface area contributed by atoms with E-state index in [1.807, 2.05) is 6.07 Å². The zero-order valence-electron chi connectivity index (χ0n) is 20.1. The smallest absolute Gasteiger partial charge is 0.242 e. The lowest BCUT2D eigenvalue weighted by Gasteiger charge is -2.24. The van der Waals surface area contributed by atoms with Gasteiger partial charge < -0.3 is 18.3 Å². The predicted molar refractivity (Wildman–Crippen MR) is 131 cm³/mol. The van der Waals surface area contributed by atoms with Crippen molar-refractivity contribution >= 4 is 16.6 Å². The second-order valence-electron chi connectivity index (χ2n) is 9.55. The van der Waals surface area contributed by atoms with Crippen LogP contribution in [-0.4, -0.2) is 30.9 Å². The maximum atomic E-state index is 6.44. The van der Waals surface area contributed by atoms with Crippen LogP contribution in [0.25, 0.3) is 0 Å². The molecule has 2 aromatic rings. The average molecular weight is 447 g/mol. The summed E-state index contributed by atoms with van der Waals surface area (Å²) in [7, 11) is -0.0429. The van der Waals surface area contributed by atoms with Crippen molar-refractivity contribution in [1.29, 1.82) is 0 Å². The zero-order valence-corrected chi connectivity index (χ0v) is 22.1. The van der Waals surface area contributed by atoms with Gasteiger partial charge >= 0.3 is 0 Å². The SMILES string of the molecule is CCc1cc(CCc2ccc(O[Si](C)(C)C)c(OC)c2)c(O[Si](C)(C)C)c(OC)c1. The first-order valence-electron chi connectivity index (χ1n) is 10.7. The third kappa shape index (κ3) is 7.09. The summed E-state index contributed by atoms with van der Waals surface area (Å²) in [6.45, 7) is 15.3. The van der Waals surface area contributed by atoms with Crippen molar-refractivity contribution in [3.63, 3.8) is 0 Å². The van der Waals surface area contributed by atoms with Crippen LogP contribution in [0.4, 0.5) is 0 Å². The van der Waals surface area contributed by atoms with Crippen molar-refractivity contribution in [2.24, 2.45) is 0 Å². The van der Waals surface area contributed by atoms with E-state index in [9.17, 15) is 0 Å². The fourth-order valence-electron chi connectivity index (χ4n) is 3.25. The number of ether oxygens (including phenoxy) is 2. The molecule has 0 aliphatic carbocycles. The maximum Gasteiger partial charge on any atom is 0.242 e. The van der Waals surface area contributed by atoms with Crippen LogP contribution in [0.3, 0.4) is 0 Å². The molecule has 0 saturated carbocycles. The van der Waals surface area contributed by atoms with Crippen LogP contribution in [0.1, 0.15) is 23.6 Å².